The third kappa shape index (κ3) is 2.78. The lowest BCUT2D eigenvalue weighted by Gasteiger charge is -2.16. The van der Waals surface area contributed by atoms with E-state index in [2.05, 4.69) is 48.1 Å². The molecule has 1 aliphatic rings. The molecule has 1 heterocycles. The summed E-state index contributed by atoms with van der Waals surface area (Å²) in [5, 5.41) is 12.8. The van der Waals surface area contributed by atoms with Gasteiger partial charge in [-0.3, -0.25) is 0 Å². The van der Waals surface area contributed by atoms with E-state index in [4.69, 9.17) is 4.98 Å². The van der Waals surface area contributed by atoms with Crippen molar-refractivity contribution < 1.29 is 5.11 Å². The van der Waals surface area contributed by atoms with E-state index in [1.165, 1.54) is 29.7 Å². The van der Waals surface area contributed by atoms with Crippen molar-refractivity contribution in [1.29, 1.82) is 0 Å². The number of aromatic nitrogens is 2. The van der Waals surface area contributed by atoms with E-state index < -0.39 is 0 Å². The van der Waals surface area contributed by atoms with Crippen molar-refractivity contribution in [2.24, 2.45) is 7.05 Å². The Labute approximate surface area is 142 Å². The lowest BCUT2D eigenvalue weighted by Crippen LogP contribution is -2.07. The maximum atomic E-state index is 9.30. The first-order valence-electron chi connectivity index (χ1n) is 8.58. The molecule has 1 saturated carbocycles. The number of rotatable bonds is 5. The number of nitrogens with zero attached hydrogens (tertiary/aromatic N) is 2. The van der Waals surface area contributed by atoms with Crippen LogP contribution >= 0.6 is 0 Å². The normalized spacial score (nSPS) is 15.6. The summed E-state index contributed by atoms with van der Waals surface area (Å²) in [6, 6.07) is 14.6. The Morgan fingerprint density at radius 1 is 1.25 bits per heavy atom. The number of imidazole rings is 1. The Morgan fingerprint density at radius 3 is 2.83 bits per heavy atom. The lowest BCUT2D eigenvalue weighted by molar-refractivity contribution is 0.281. The minimum Gasteiger partial charge on any atom is -0.392 e. The maximum Gasteiger partial charge on any atom is 0.112 e. The number of hydrogen-bond donors (Lipinski definition) is 2. The Balaban J connectivity index is 1.59. The average molecular weight is 321 g/mol. The number of aliphatic hydroxyl groups is 1. The van der Waals surface area contributed by atoms with Crippen LogP contribution in [0.3, 0.4) is 0 Å². The van der Waals surface area contributed by atoms with Crippen molar-refractivity contribution in [3.63, 3.8) is 0 Å². The molecule has 1 fully saturated rings. The van der Waals surface area contributed by atoms with Crippen LogP contribution in [0.5, 0.6) is 0 Å². The second-order valence-corrected chi connectivity index (χ2v) is 6.78. The van der Waals surface area contributed by atoms with Crippen LogP contribution in [-0.2, 0) is 13.7 Å². The van der Waals surface area contributed by atoms with Gasteiger partial charge in [-0.05, 0) is 49.1 Å². The van der Waals surface area contributed by atoms with Gasteiger partial charge in [-0.15, -0.1) is 0 Å². The second-order valence-electron chi connectivity index (χ2n) is 6.78. The van der Waals surface area contributed by atoms with Gasteiger partial charge in [0.15, 0.2) is 0 Å². The highest BCUT2D eigenvalue weighted by Gasteiger charge is 2.28. The van der Waals surface area contributed by atoms with Crippen LogP contribution in [0.2, 0.25) is 0 Å². The Morgan fingerprint density at radius 2 is 2.08 bits per heavy atom. The fourth-order valence-electron chi connectivity index (χ4n) is 3.31. The zero-order valence-electron chi connectivity index (χ0n) is 14.2. The maximum absolute atomic E-state index is 9.30. The molecule has 2 N–H and O–H groups in total. The number of hydrogen-bond acceptors (Lipinski definition) is 3. The van der Waals surface area contributed by atoms with E-state index >= 15 is 0 Å². The Kier molecular flexibility index (Phi) is 3.77. The monoisotopic (exact) mass is 321 g/mol. The summed E-state index contributed by atoms with van der Waals surface area (Å²) < 4.78 is 2.23. The summed E-state index contributed by atoms with van der Waals surface area (Å²) in [4.78, 5) is 4.83. The summed E-state index contributed by atoms with van der Waals surface area (Å²) in [6.45, 7) is 2.21. The van der Waals surface area contributed by atoms with Crippen molar-refractivity contribution in [2.45, 2.75) is 38.3 Å². The van der Waals surface area contributed by atoms with Gasteiger partial charge < -0.3 is 15.0 Å². The van der Waals surface area contributed by atoms with E-state index in [1.807, 2.05) is 18.2 Å². The highest BCUT2D eigenvalue weighted by Crippen LogP contribution is 2.40. The molecule has 1 atom stereocenters. The first-order chi connectivity index (χ1) is 11.7. The molecule has 0 radical (unpaired) electrons. The highest BCUT2D eigenvalue weighted by molar-refractivity contribution is 5.80. The predicted octanol–water partition coefficient (Wildman–Crippen LogP) is 4.12. The molecule has 1 unspecified atom stereocenters. The van der Waals surface area contributed by atoms with Gasteiger partial charge in [-0.2, -0.15) is 0 Å². The number of aliphatic hydroxyl groups excluding tert-OH is 1. The van der Waals surface area contributed by atoms with Crippen molar-refractivity contribution >= 4 is 16.7 Å². The minimum atomic E-state index is 0.0738. The molecule has 1 aliphatic carbocycles. The van der Waals surface area contributed by atoms with E-state index in [0.29, 0.717) is 5.92 Å². The molecule has 24 heavy (non-hydrogen) atoms. The van der Waals surface area contributed by atoms with Crippen LogP contribution < -0.4 is 5.32 Å². The third-order valence-electron chi connectivity index (χ3n) is 4.87. The standard InChI is InChI=1S/C20H23N3O/c1-13(16-5-3-4-14(10-16)12-24)21-17-8-9-19-18(11-17)22-20(23(19)2)15-6-7-15/h3-5,8-11,13,15,21,24H,6-7,12H2,1-2H3. The highest BCUT2D eigenvalue weighted by atomic mass is 16.3. The summed E-state index contributed by atoms with van der Waals surface area (Å²) in [7, 11) is 2.11. The van der Waals surface area contributed by atoms with Gasteiger partial charge in [0.05, 0.1) is 17.6 Å². The van der Waals surface area contributed by atoms with Crippen molar-refractivity contribution in [3.8, 4) is 0 Å². The van der Waals surface area contributed by atoms with Gasteiger partial charge in [0.25, 0.3) is 0 Å². The molecule has 124 valence electrons. The first kappa shape index (κ1) is 15.2. The quantitative estimate of drug-likeness (QED) is 0.743. The van der Waals surface area contributed by atoms with Gasteiger partial charge in [0, 0.05) is 24.7 Å². The second kappa shape index (κ2) is 5.95. The first-order valence-corrected chi connectivity index (χ1v) is 8.58. The average Bonchev–Trinajstić information content (AvgIpc) is 3.39. The van der Waals surface area contributed by atoms with Gasteiger partial charge in [-0.25, -0.2) is 4.98 Å². The van der Waals surface area contributed by atoms with Crippen LogP contribution in [-0.4, -0.2) is 14.7 Å². The van der Waals surface area contributed by atoms with E-state index in [-0.39, 0.29) is 12.6 Å². The molecule has 3 aromatic rings. The van der Waals surface area contributed by atoms with Gasteiger partial charge in [-0.1, -0.05) is 24.3 Å². The summed E-state index contributed by atoms with van der Waals surface area (Å²) in [5.74, 6) is 1.87. The number of anilines is 1. The number of fused-ring (bicyclic) bond motifs is 1. The molecule has 0 bridgehead atoms. The predicted molar refractivity (Wildman–Crippen MR) is 97.1 cm³/mol. The van der Waals surface area contributed by atoms with Crippen molar-refractivity contribution in [2.75, 3.05) is 5.32 Å². The van der Waals surface area contributed by atoms with Crippen LogP contribution in [0, 0.1) is 0 Å². The van der Waals surface area contributed by atoms with Gasteiger partial charge in [0.2, 0.25) is 0 Å². The fraction of sp³-hybridized carbons (Fsp3) is 0.350. The molecule has 4 rings (SSSR count). The Hall–Kier alpha value is -2.33. The molecule has 0 amide bonds. The van der Waals surface area contributed by atoms with Crippen LogP contribution in [0.25, 0.3) is 11.0 Å². The molecule has 1 aromatic heterocycles. The van der Waals surface area contributed by atoms with Gasteiger partial charge in [0.1, 0.15) is 5.82 Å². The van der Waals surface area contributed by atoms with Crippen LogP contribution in [0.4, 0.5) is 5.69 Å². The molecular formula is C20H23N3O. The molecule has 0 saturated heterocycles. The van der Waals surface area contributed by atoms with Crippen LogP contribution in [0.1, 0.15) is 48.7 Å². The molecular weight excluding hydrogens is 298 g/mol. The molecule has 0 spiro atoms. The Bertz CT molecular complexity index is 880. The SMILES string of the molecule is CC(Nc1ccc2c(c1)nc(C1CC1)n2C)c1cccc(CO)c1. The zero-order valence-corrected chi connectivity index (χ0v) is 14.2. The largest absolute Gasteiger partial charge is 0.392 e. The van der Waals surface area contributed by atoms with E-state index in [9.17, 15) is 5.11 Å². The van der Waals surface area contributed by atoms with Crippen molar-refractivity contribution in [1.82, 2.24) is 9.55 Å². The summed E-state index contributed by atoms with van der Waals surface area (Å²) >= 11 is 0. The molecule has 4 nitrogen and oxygen atoms in total. The smallest absolute Gasteiger partial charge is 0.112 e. The van der Waals surface area contributed by atoms with E-state index in [1.54, 1.807) is 0 Å². The summed E-state index contributed by atoms with van der Waals surface area (Å²) in [6.07, 6.45) is 2.53. The number of nitrogens with one attached hydrogen (secondary N) is 1. The number of aryl methyl sites for hydroxylation is 1. The van der Waals surface area contributed by atoms with Gasteiger partial charge >= 0.3 is 0 Å². The van der Waals surface area contributed by atoms with Crippen LogP contribution in [0.15, 0.2) is 42.5 Å². The molecule has 4 heteroatoms. The topological polar surface area (TPSA) is 50.1 Å². The molecule has 0 aliphatic heterocycles. The minimum absolute atomic E-state index is 0.0738. The fourth-order valence-corrected chi connectivity index (χ4v) is 3.31. The van der Waals surface area contributed by atoms with E-state index in [0.717, 1.165) is 16.8 Å². The summed E-state index contributed by atoms with van der Waals surface area (Å²) in [5.41, 5.74) is 5.43. The van der Waals surface area contributed by atoms with Crippen molar-refractivity contribution in [3.05, 3.63) is 59.4 Å². The molecule has 2 aromatic carbocycles. The third-order valence-corrected chi connectivity index (χ3v) is 4.87. The lowest BCUT2D eigenvalue weighted by atomic mass is 10.1. The number of benzene rings is 2. The zero-order chi connectivity index (χ0) is 16.7.